The Morgan fingerprint density at radius 1 is 1.38 bits per heavy atom. The molecule has 86 valence electrons. The molecule has 1 spiro atoms. The summed E-state index contributed by atoms with van der Waals surface area (Å²) in [5.41, 5.74) is 1.61. The summed E-state index contributed by atoms with van der Waals surface area (Å²) in [5, 5.41) is 6.82. The highest BCUT2D eigenvalue weighted by Gasteiger charge is 2.48. The van der Waals surface area contributed by atoms with Gasteiger partial charge in [-0.15, -0.1) is 12.4 Å². The van der Waals surface area contributed by atoms with Gasteiger partial charge in [0.1, 0.15) is 0 Å². The molecule has 2 aliphatic rings. The summed E-state index contributed by atoms with van der Waals surface area (Å²) in [4.78, 5) is 12.0. The normalized spacial score (nSPS) is 26.4. The summed E-state index contributed by atoms with van der Waals surface area (Å²) in [6.07, 6.45) is 0.869. The van der Waals surface area contributed by atoms with Crippen LogP contribution in [0.15, 0.2) is 18.2 Å². The first-order valence-electron chi connectivity index (χ1n) is 5.05. The molecule has 1 saturated heterocycles. The molecule has 16 heavy (non-hydrogen) atoms. The fourth-order valence-corrected chi connectivity index (χ4v) is 2.69. The molecule has 0 saturated carbocycles. The van der Waals surface area contributed by atoms with E-state index in [0.717, 1.165) is 30.8 Å². The van der Waals surface area contributed by atoms with Gasteiger partial charge in [-0.2, -0.15) is 0 Å². The van der Waals surface area contributed by atoms with Crippen LogP contribution < -0.4 is 10.6 Å². The molecule has 2 aliphatic heterocycles. The van der Waals surface area contributed by atoms with E-state index in [1.54, 1.807) is 0 Å². The first kappa shape index (κ1) is 11.7. The number of fused-ring (bicyclic) bond motifs is 2. The lowest BCUT2D eigenvalue weighted by Gasteiger charge is -2.19. The third-order valence-electron chi connectivity index (χ3n) is 3.34. The third kappa shape index (κ3) is 1.43. The molecule has 5 heteroatoms. The molecule has 0 bridgehead atoms. The second kappa shape index (κ2) is 3.91. The molecule has 1 atom stereocenters. The lowest BCUT2D eigenvalue weighted by molar-refractivity contribution is -0.120. The van der Waals surface area contributed by atoms with E-state index in [1.807, 2.05) is 18.2 Å². The van der Waals surface area contributed by atoms with E-state index in [1.165, 1.54) is 0 Å². The fourth-order valence-electron chi connectivity index (χ4n) is 2.52. The SMILES string of the molecule is Cl.O=C1Nc2cc(Cl)ccc2C12CCNC2. The van der Waals surface area contributed by atoms with Gasteiger partial charge >= 0.3 is 0 Å². The van der Waals surface area contributed by atoms with Crippen LogP contribution in [0.25, 0.3) is 0 Å². The Bertz CT molecular complexity index is 442. The Hall–Kier alpha value is -0.770. The van der Waals surface area contributed by atoms with Crippen molar-refractivity contribution in [2.45, 2.75) is 11.8 Å². The van der Waals surface area contributed by atoms with E-state index < -0.39 is 0 Å². The first-order chi connectivity index (χ1) is 7.22. The second-order valence-electron chi connectivity index (χ2n) is 4.15. The first-order valence-corrected chi connectivity index (χ1v) is 5.42. The van der Waals surface area contributed by atoms with Gasteiger partial charge < -0.3 is 10.6 Å². The molecular weight excluding hydrogens is 247 g/mol. The maximum atomic E-state index is 12.0. The Balaban J connectivity index is 0.000000963. The van der Waals surface area contributed by atoms with Crippen LogP contribution in [0.2, 0.25) is 5.02 Å². The van der Waals surface area contributed by atoms with Crippen molar-refractivity contribution in [3.63, 3.8) is 0 Å². The van der Waals surface area contributed by atoms with Gasteiger partial charge in [-0.05, 0) is 30.7 Å². The van der Waals surface area contributed by atoms with Crippen LogP contribution in [0.3, 0.4) is 0 Å². The quantitative estimate of drug-likeness (QED) is 0.747. The van der Waals surface area contributed by atoms with Crippen molar-refractivity contribution in [1.82, 2.24) is 5.32 Å². The van der Waals surface area contributed by atoms with E-state index in [4.69, 9.17) is 11.6 Å². The molecule has 0 aromatic heterocycles. The van der Waals surface area contributed by atoms with Gasteiger partial charge in [-0.3, -0.25) is 4.79 Å². The average Bonchev–Trinajstić information content (AvgIpc) is 2.76. The summed E-state index contributed by atoms with van der Waals surface area (Å²) < 4.78 is 0. The van der Waals surface area contributed by atoms with E-state index in [-0.39, 0.29) is 23.7 Å². The van der Waals surface area contributed by atoms with Crippen LogP contribution in [0.5, 0.6) is 0 Å². The van der Waals surface area contributed by atoms with Crippen LogP contribution in [-0.4, -0.2) is 19.0 Å². The van der Waals surface area contributed by atoms with E-state index in [0.29, 0.717) is 5.02 Å². The maximum absolute atomic E-state index is 12.0. The molecule has 1 unspecified atom stereocenters. The topological polar surface area (TPSA) is 41.1 Å². The zero-order valence-corrected chi connectivity index (χ0v) is 10.1. The van der Waals surface area contributed by atoms with Crippen molar-refractivity contribution in [2.24, 2.45) is 0 Å². The van der Waals surface area contributed by atoms with Crippen LogP contribution in [0.4, 0.5) is 5.69 Å². The largest absolute Gasteiger partial charge is 0.325 e. The van der Waals surface area contributed by atoms with Crippen LogP contribution >= 0.6 is 24.0 Å². The van der Waals surface area contributed by atoms with Crippen LogP contribution in [0.1, 0.15) is 12.0 Å². The molecule has 3 nitrogen and oxygen atoms in total. The number of hydrogen-bond acceptors (Lipinski definition) is 2. The van der Waals surface area contributed by atoms with E-state index >= 15 is 0 Å². The second-order valence-corrected chi connectivity index (χ2v) is 4.59. The lowest BCUT2D eigenvalue weighted by Crippen LogP contribution is -2.36. The summed E-state index contributed by atoms with van der Waals surface area (Å²) in [6, 6.07) is 5.63. The molecule has 0 radical (unpaired) electrons. The predicted octanol–water partition coefficient (Wildman–Crippen LogP) is 1.94. The molecule has 1 aromatic rings. The monoisotopic (exact) mass is 258 g/mol. The summed E-state index contributed by atoms with van der Waals surface area (Å²) in [5.74, 6) is 0.102. The highest BCUT2D eigenvalue weighted by molar-refractivity contribution is 6.31. The van der Waals surface area contributed by atoms with Crippen molar-refractivity contribution in [1.29, 1.82) is 0 Å². The smallest absolute Gasteiger partial charge is 0.236 e. The number of amides is 1. The minimum atomic E-state index is -0.347. The Kier molecular flexibility index (Phi) is 2.86. The van der Waals surface area contributed by atoms with Crippen LogP contribution in [-0.2, 0) is 10.2 Å². The zero-order chi connectivity index (χ0) is 10.5. The van der Waals surface area contributed by atoms with E-state index in [2.05, 4.69) is 10.6 Å². The molecule has 2 N–H and O–H groups in total. The maximum Gasteiger partial charge on any atom is 0.236 e. The number of benzene rings is 1. The van der Waals surface area contributed by atoms with Gasteiger partial charge in [0.2, 0.25) is 5.91 Å². The highest BCUT2D eigenvalue weighted by atomic mass is 35.5. The van der Waals surface area contributed by atoms with Gasteiger partial charge in [-0.25, -0.2) is 0 Å². The Morgan fingerprint density at radius 3 is 2.88 bits per heavy atom. The number of nitrogens with one attached hydrogen (secondary N) is 2. The summed E-state index contributed by atoms with van der Waals surface area (Å²) in [7, 11) is 0. The number of halogens is 2. The van der Waals surface area contributed by atoms with Crippen molar-refractivity contribution < 1.29 is 4.79 Å². The minimum absolute atomic E-state index is 0. The van der Waals surface area contributed by atoms with Crippen molar-refractivity contribution in [3.8, 4) is 0 Å². The van der Waals surface area contributed by atoms with Crippen molar-refractivity contribution in [2.75, 3.05) is 18.4 Å². The number of rotatable bonds is 0. The lowest BCUT2D eigenvalue weighted by atomic mass is 9.81. The van der Waals surface area contributed by atoms with Crippen molar-refractivity contribution in [3.05, 3.63) is 28.8 Å². The zero-order valence-electron chi connectivity index (χ0n) is 8.55. The Labute approximate surface area is 105 Å². The van der Waals surface area contributed by atoms with Gasteiger partial charge in [0.15, 0.2) is 0 Å². The molecule has 3 rings (SSSR count). The molecular formula is C11H12Cl2N2O. The number of anilines is 1. The molecule has 2 heterocycles. The number of carbonyl (C=O) groups is 1. The van der Waals surface area contributed by atoms with Gasteiger partial charge in [0, 0.05) is 17.3 Å². The molecule has 1 amide bonds. The standard InChI is InChI=1S/C11H11ClN2O.ClH/c12-7-1-2-8-9(5-7)14-10(15)11(8)3-4-13-6-11;/h1-2,5,13H,3-4,6H2,(H,14,15);1H. The Morgan fingerprint density at radius 2 is 2.19 bits per heavy atom. The molecule has 1 fully saturated rings. The average molecular weight is 259 g/mol. The van der Waals surface area contributed by atoms with Crippen LogP contribution in [0, 0.1) is 0 Å². The van der Waals surface area contributed by atoms with Gasteiger partial charge in [0.25, 0.3) is 0 Å². The molecule has 0 aliphatic carbocycles. The van der Waals surface area contributed by atoms with Crippen molar-refractivity contribution >= 4 is 35.6 Å². The predicted molar refractivity (Wildman–Crippen MR) is 66.5 cm³/mol. The fraction of sp³-hybridized carbons (Fsp3) is 0.364. The van der Waals surface area contributed by atoms with Gasteiger partial charge in [-0.1, -0.05) is 17.7 Å². The third-order valence-corrected chi connectivity index (χ3v) is 3.57. The minimum Gasteiger partial charge on any atom is -0.325 e. The molecule has 1 aromatic carbocycles. The highest BCUT2D eigenvalue weighted by Crippen LogP contribution is 2.42. The van der Waals surface area contributed by atoms with Gasteiger partial charge in [0.05, 0.1) is 5.41 Å². The summed E-state index contributed by atoms with van der Waals surface area (Å²) >= 11 is 5.90. The van der Waals surface area contributed by atoms with E-state index in [9.17, 15) is 4.79 Å². The summed E-state index contributed by atoms with van der Waals surface area (Å²) in [6.45, 7) is 1.63. The number of carbonyl (C=O) groups excluding carboxylic acids is 1. The number of hydrogen-bond donors (Lipinski definition) is 2.